The number of ether oxygens (including phenoxy) is 1. The van der Waals surface area contributed by atoms with Gasteiger partial charge in [0.1, 0.15) is 10.6 Å². The van der Waals surface area contributed by atoms with Gasteiger partial charge in [0.25, 0.3) is 11.8 Å². The number of carbonyl (C=O) groups is 2. The minimum atomic E-state index is -0.340. The van der Waals surface area contributed by atoms with Crippen LogP contribution in [-0.4, -0.2) is 23.5 Å². The molecule has 0 atom stereocenters. The van der Waals surface area contributed by atoms with Crippen LogP contribution in [0, 0.1) is 0 Å². The average molecular weight is 484 g/mol. The van der Waals surface area contributed by atoms with E-state index in [9.17, 15) is 9.59 Å². The average Bonchev–Trinajstić information content (AvgIpc) is 3.66. The van der Waals surface area contributed by atoms with Crippen molar-refractivity contribution in [2.75, 3.05) is 17.7 Å². The molecule has 2 N–H and O–H groups in total. The van der Waals surface area contributed by atoms with Crippen LogP contribution in [0.25, 0.3) is 16.8 Å². The maximum Gasteiger partial charge on any atom is 0.291 e. The molecule has 0 aliphatic carbocycles. The number of hydrogen-bond donors (Lipinski definition) is 2. The van der Waals surface area contributed by atoms with Crippen LogP contribution in [0.3, 0.4) is 0 Å². The van der Waals surface area contributed by atoms with Gasteiger partial charge in [-0.05, 0) is 66.2 Å². The van der Waals surface area contributed by atoms with Gasteiger partial charge in [0.15, 0.2) is 5.76 Å². The topological polar surface area (TPSA) is 85.5 Å². The Morgan fingerprint density at radius 3 is 2.11 bits per heavy atom. The van der Waals surface area contributed by atoms with E-state index in [0.29, 0.717) is 16.3 Å². The molecule has 2 amide bonds. The van der Waals surface area contributed by atoms with Gasteiger partial charge in [-0.3, -0.25) is 9.59 Å². The van der Waals surface area contributed by atoms with Crippen LogP contribution >= 0.6 is 11.3 Å². The van der Waals surface area contributed by atoms with Crippen molar-refractivity contribution in [1.29, 1.82) is 0 Å². The van der Waals surface area contributed by atoms with Crippen molar-refractivity contribution in [2.45, 2.75) is 0 Å². The van der Waals surface area contributed by atoms with Gasteiger partial charge in [0, 0.05) is 34.7 Å². The number of anilines is 2. The number of carbonyl (C=O) groups excluding carboxylic acids is 2. The van der Waals surface area contributed by atoms with Crippen LogP contribution in [0.4, 0.5) is 11.4 Å². The molecule has 7 nitrogen and oxygen atoms in total. The van der Waals surface area contributed by atoms with Crippen molar-refractivity contribution in [3.63, 3.8) is 0 Å². The summed E-state index contributed by atoms with van der Waals surface area (Å²) in [5.41, 5.74) is 3.96. The Labute approximate surface area is 205 Å². The largest absolute Gasteiger partial charge is 0.497 e. The second-order valence-corrected chi connectivity index (χ2v) is 8.49. The second kappa shape index (κ2) is 9.74. The summed E-state index contributed by atoms with van der Waals surface area (Å²) in [4.78, 5) is 26.0. The summed E-state index contributed by atoms with van der Waals surface area (Å²) < 4.78 is 12.3. The predicted molar refractivity (Wildman–Crippen MR) is 137 cm³/mol. The normalized spacial score (nSPS) is 10.7. The molecular weight excluding hydrogens is 462 g/mol. The zero-order valence-corrected chi connectivity index (χ0v) is 19.5. The molecule has 0 saturated carbocycles. The van der Waals surface area contributed by atoms with Crippen molar-refractivity contribution < 1.29 is 18.7 Å². The van der Waals surface area contributed by atoms with E-state index >= 15 is 0 Å². The molecule has 5 rings (SSSR count). The number of furan rings is 1. The summed E-state index contributed by atoms with van der Waals surface area (Å²) in [7, 11) is 1.63. The number of rotatable bonds is 7. The van der Waals surface area contributed by atoms with Crippen molar-refractivity contribution in [3.8, 4) is 22.6 Å². The standard InChI is InChI=1S/C27H21N3O4S/c1-33-21-12-6-18(7-13-21)22-17-35-25(24(22)30-14-2-3-15-30)27(32)29-20-10-8-19(9-11-20)28-26(31)23-5-4-16-34-23/h2-17H,1H3,(H,28,31)(H,29,32). The van der Waals surface area contributed by atoms with Crippen LogP contribution < -0.4 is 15.4 Å². The Morgan fingerprint density at radius 1 is 0.857 bits per heavy atom. The molecule has 0 spiro atoms. The van der Waals surface area contributed by atoms with Crippen molar-refractivity contribution in [3.05, 3.63) is 107 Å². The smallest absolute Gasteiger partial charge is 0.291 e. The van der Waals surface area contributed by atoms with Gasteiger partial charge in [-0.25, -0.2) is 0 Å². The first-order valence-corrected chi connectivity index (χ1v) is 11.7. The van der Waals surface area contributed by atoms with Gasteiger partial charge in [0.05, 0.1) is 19.1 Å². The Bertz CT molecular complexity index is 1440. The first-order chi connectivity index (χ1) is 17.1. The molecule has 0 saturated heterocycles. The number of nitrogens with one attached hydrogen (secondary N) is 2. The van der Waals surface area contributed by atoms with Gasteiger partial charge < -0.3 is 24.4 Å². The first-order valence-electron chi connectivity index (χ1n) is 10.8. The van der Waals surface area contributed by atoms with Gasteiger partial charge >= 0.3 is 0 Å². The first kappa shape index (κ1) is 22.2. The molecule has 3 aromatic heterocycles. The van der Waals surface area contributed by atoms with Crippen LogP contribution in [0.1, 0.15) is 20.2 Å². The lowest BCUT2D eigenvalue weighted by Gasteiger charge is -2.11. The number of hydrogen-bond acceptors (Lipinski definition) is 5. The third kappa shape index (κ3) is 4.73. The van der Waals surface area contributed by atoms with E-state index in [1.165, 1.54) is 17.6 Å². The fourth-order valence-electron chi connectivity index (χ4n) is 3.65. The van der Waals surface area contributed by atoms with Crippen molar-refractivity contribution in [2.24, 2.45) is 0 Å². The molecule has 3 heterocycles. The maximum absolute atomic E-state index is 13.3. The minimum Gasteiger partial charge on any atom is -0.497 e. The Kier molecular flexibility index (Phi) is 6.19. The van der Waals surface area contributed by atoms with E-state index < -0.39 is 0 Å². The number of thiophene rings is 1. The maximum atomic E-state index is 13.3. The second-order valence-electron chi connectivity index (χ2n) is 7.61. The molecule has 5 aromatic rings. The third-order valence-corrected chi connectivity index (χ3v) is 6.35. The molecule has 8 heteroatoms. The molecule has 35 heavy (non-hydrogen) atoms. The Hall–Kier alpha value is -4.56. The number of methoxy groups -OCH3 is 1. The van der Waals surface area contributed by atoms with Crippen LogP contribution in [0.5, 0.6) is 5.75 Å². The van der Waals surface area contributed by atoms with E-state index in [1.807, 2.05) is 58.7 Å². The minimum absolute atomic E-state index is 0.217. The Balaban J connectivity index is 1.37. The van der Waals surface area contributed by atoms with E-state index in [-0.39, 0.29) is 17.6 Å². The predicted octanol–water partition coefficient (Wildman–Crippen LogP) is 6.31. The van der Waals surface area contributed by atoms with E-state index in [1.54, 1.807) is 43.5 Å². The lowest BCUT2D eigenvalue weighted by atomic mass is 10.1. The highest BCUT2D eigenvalue weighted by molar-refractivity contribution is 7.13. The molecule has 2 aromatic carbocycles. The SMILES string of the molecule is COc1ccc(-c2csc(C(=O)Nc3ccc(NC(=O)c4ccco4)cc3)c2-n2cccc2)cc1. The zero-order valence-electron chi connectivity index (χ0n) is 18.7. The molecular formula is C27H21N3O4S. The van der Waals surface area contributed by atoms with Crippen LogP contribution in [0.15, 0.2) is 101 Å². The summed E-state index contributed by atoms with van der Waals surface area (Å²) >= 11 is 1.39. The lowest BCUT2D eigenvalue weighted by Crippen LogP contribution is -2.13. The van der Waals surface area contributed by atoms with E-state index in [2.05, 4.69) is 10.6 Å². The van der Waals surface area contributed by atoms with Gasteiger partial charge in [-0.1, -0.05) is 12.1 Å². The van der Waals surface area contributed by atoms with Crippen molar-refractivity contribution in [1.82, 2.24) is 4.57 Å². The van der Waals surface area contributed by atoms with Crippen molar-refractivity contribution >= 4 is 34.5 Å². The summed E-state index contributed by atoms with van der Waals surface area (Å²) in [6.45, 7) is 0. The van der Waals surface area contributed by atoms with Crippen LogP contribution in [-0.2, 0) is 0 Å². The summed E-state index contributed by atoms with van der Waals surface area (Å²) in [6, 6.07) is 21.8. The van der Waals surface area contributed by atoms with Gasteiger partial charge in [0.2, 0.25) is 0 Å². The monoisotopic (exact) mass is 483 g/mol. The molecule has 0 radical (unpaired) electrons. The summed E-state index contributed by atoms with van der Waals surface area (Å²) in [6.07, 6.45) is 5.28. The number of aromatic nitrogens is 1. The molecule has 0 bridgehead atoms. The molecule has 0 aliphatic rings. The van der Waals surface area contributed by atoms with Gasteiger partial charge in [-0.15, -0.1) is 11.3 Å². The van der Waals surface area contributed by atoms with E-state index in [4.69, 9.17) is 9.15 Å². The third-order valence-electron chi connectivity index (χ3n) is 5.38. The van der Waals surface area contributed by atoms with Crippen LogP contribution in [0.2, 0.25) is 0 Å². The fraction of sp³-hybridized carbons (Fsp3) is 0.0370. The number of nitrogens with zero attached hydrogens (tertiary/aromatic N) is 1. The number of benzene rings is 2. The zero-order chi connectivity index (χ0) is 24.2. The molecule has 0 fully saturated rings. The van der Waals surface area contributed by atoms with E-state index in [0.717, 1.165) is 22.6 Å². The quantitative estimate of drug-likeness (QED) is 0.284. The molecule has 174 valence electrons. The molecule has 0 aliphatic heterocycles. The fourth-order valence-corrected chi connectivity index (χ4v) is 4.62. The number of amides is 2. The van der Waals surface area contributed by atoms with Gasteiger partial charge in [-0.2, -0.15) is 0 Å². The lowest BCUT2D eigenvalue weighted by molar-refractivity contribution is 0.0994. The highest BCUT2D eigenvalue weighted by Gasteiger charge is 2.21. The summed E-state index contributed by atoms with van der Waals surface area (Å²) in [5.74, 6) is 0.442. The molecule has 0 unspecified atom stereocenters. The Morgan fingerprint density at radius 2 is 1.51 bits per heavy atom. The highest BCUT2D eigenvalue weighted by Crippen LogP contribution is 2.36. The highest BCUT2D eigenvalue weighted by atomic mass is 32.1. The summed E-state index contributed by atoms with van der Waals surface area (Å²) in [5, 5.41) is 7.70.